The van der Waals surface area contributed by atoms with E-state index in [1.54, 1.807) is 46.5 Å². The van der Waals surface area contributed by atoms with E-state index in [1.165, 1.54) is 0 Å². The van der Waals surface area contributed by atoms with Gasteiger partial charge in [0.1, 0.15) is 0 Å². The van der Waals surface area contributed by atoms with Crippen molar-refractivity contribution < 1.29 is 9.59 Å². The number of hydrogen-bond acceptors (Lipinski definition) is 4. The zero-order valence-corrected chi connectivity index (χ0v) is 14.1. The number of Topliss-reactive ketones (excluding diaryl/α,β-unsaturated/α-hetero) is 1. The average molecular weight is 326 g/mol. The van der Waals surface area contributed by atoms with Gasteiger partial charge in [-0.1, -0.05) is 0 Å². The van der Waals surface area contributed by atoms with Crippen molar-refractivity contribution in [3.63, 3.8) is 0 Å². The zero-order valence-electron chi connectivity index (χ0n) is 14.1. The summed E-state index contributed by atoms with van der Waals surface area (Å²) >= 11 is 0. The Morgan fingerprint density at radius 2 is 2.08 bits per heavy atom. The Labute approximate surface area is 141 Å². The molecule has 6 nitrogen and oxygen atoms in total. The van der Waals surface area contributed by atoms with Crippen molar-refractivity contribution in [2.75, 3.05) is 13.1 Å². The Balaban J connectivity index is 1.70. The highest BCUT2D eigenvalue weighted by molar-refractivity contribution is 5.99. The minimum atomic E-state index is -0.160. The standard InChI is InChI=1S/C18H22N4O2/c1-13(2)22-12-16(10-20-22)18(24)21-8-4-6-15(11-21)17(23)14-5-3-7-19-9-14/h3,5,7,9-10,12-13,15H,4,6,8,11H2,1-2H3. The van der Waals surface area contributed by atoms with Gasteiger partial charge in [0.25, 0.3) is 5.91 Å². The molecule has 2 aromatic heterocycles. The van der Waals surface area contributed by atoms with Gasteiger partial charge >= 0.3 is 0 Å². The molecule has 1 aliphatic rings. The molecule has 0 radical (unpaired) electrons. The third kappa shape index (κ3) is 3.37. The maximum Gasteiger partial charge on any atom is 0.257 e. The summed E-state index contributed by atoms with van der Waals surface area (Å²) in [5.74, 6) is -0.142. The first kappa shape index (κ1) is 16.4. The summed E-state index contributed by atoms with van der Waals surface area (Å²) in [5.41, 5.74) is 1.20. The minimum absolute atomic E-state index is 0.0504. The fraction of sp³-hybridized carbons (Fsp3) is 0.444. The van der Waals surface area contributed by atoms with Crippen molar-refractivity contribution >= 4 is 11.7 Å². The van der Waals surface area contributed by atoms with Gasteiger partial charge in [-0.3, -0.25) is 19.3 Å². The summed E-state index contributed by atoms with van der Waals surface area (Å²) in [5, 5.41) is 4.23. The number of amides is 1. The maximum atomic E-state index is 12.7. The molecule has 3 rings (SSSR count). The average Bonchev–Trinajstić information content (AvgIpc) is 3.12. The van der Waals surface area contributed by atoms with Crippen LogP contribution >= 0.6 is 0 Å². The number of carbonyl (C=O) groups excluding carboxylic acids is 2. The molecule has 0 bridgehead atoms. The summed E-state index contributed by atoms with van der Waals surface area (Å²) in [6.45, 7) is 5.18. The molecule has 3 heterocycles. The molecule has 6 heteroatoms. The lowest BCUT2D eigenvalue weighted by molar-refractivity contribution is 0.0637. The third-order valence-electron chi connectivity index (χ3n) is 4.40. The molecule has 1 atom stereocenters. The molecule has 1 fully saturated rings. The first-order valence-electron chi connectivity index (χ1n) is 8.34. The van der Waals surface area contributed by atoms with Gasteiger partial charge < -0.3 is 4.90 Å². The Hall–Kier alpha value is -2.50. The molecule has 1 saturated heterocycles. The number of carbonyl (C=O) groups is 2. The van der Waals surface area contributed by atoms with Crippen LogP contribution in [0.1, 0.15) is 53.4 Å². The van der Waals surface area contributed by atoms with Crippen LogP contribution in [0.5, 0.6) is 0 Å². The van der Waals surface area contributed by atoms with Gasteiger partial charge in [0.15, 0.2) is 5.78 Å². The van der Waals surface area contributed by atoms with Crippen LogP contribution in [-0.2, 0) is 0 Å². The molecule has 2 aromatic rings. The number of nitrogens with zero attached hydrogens (tertiary/aromatic N) is 4. The van der Waals surface area contributed by atoms with Gasteiger partial charge in [-0.25, -0.2) is 0 Å². The van der Waals surface area contributed by atoms with Crippen LogP contribution in [0.15, 0.2) is 36.9 Å². The molecular weight excluding hydrogens is 304 g/mol. The Morgan fingerprint density at radius 1 is 1.25 bits per heavy atom. The Kier molecular flexibility index (Phi) is 4.74. The summed E-state index contributed by atoms with van der Waals surface area (Å²) in [6.07, 6.45) is 8.27. The Morgan fingerprint density at radius 3 is 2.75 bits per heavy atom. The van der Waals surface area contributed by atoms with Crippen molar-refractivity contribution in [3.8, 4) is 0 Å². The number of piperidine rings is 1. The van der Waals surface area contributed by atoms with Gasteiger partial charge in [-0.15, -0.1) is 0 Å². The van der Waals surface area contributed by atoms with Crippen molar-refractivity contribution in [2.45, 2.75) is 32.7 Å². The summed E-state index contributed by atoms with van der Waals surface area (Å²) in [7, 11) is 0. The predicted octanol–water partition coefficient (Wildman–Crippen LogP) is 2.59. The maximum absolute atomic E-state index is 12.7. The number of ketones is 1. The van der Waals surface area contributed by atoms with Gasteiger partial charge in [0, 0.05) is 49.2 Å². The number of aromatic nitrogens is 3. The van der Waals surface area contributed by atoms with Crippen molar-refractivity contribution in [1.82, 2.24) is 19.7 Å². The lowest BCUT2D eigenvalue weighted by Gasteiger charge is -2.31. The second-order valence-corrected chi connectivity index (χ2v) is 6.50. The lowest BCUT2D eigenvalue weighted by Crippen LogP contribution is -2.42. The number of pyridine rings is 1. The van der Waals surface area contributed by atoms with Crippen LogP contribution in [0.4, 0.5) is 0 Å². The molecule has 24 heavy (non-hydrogen) atoms. The van der Waals surface area contributed by atoms with E-state index in [0.29, 0.717) is 24.2 Å². The molecule has 0 N–H and O–H groups in total. The smallest absolute Gasteiger partial charge is 0.257 e. The quantitative estimate of drug-likeness (QED) is 0.810. The molecule has 0 spiro atoms. The second-order valence-electron chi connectivity index (χ2n) is 6.50. The molecule has 0 saturated carbocycles. The van der Waals surface area contributed by atoms with E-state index in [1.807, 2.05) is 13.8 Å². The van der Waals surface area contributed by atoms with E-state index in [4.69, 9.17) is 0 Å². The van der Waals surface area contributed by atoms with Gasteiger partial charge in [0.05, 0.1) is 11.8 Å². The first-order valence-corrected chi connectivity index (χ1v) is 8.34. The van der Waals surface area contributed by atoms with E-state index in [-0.39, 0.29) is 23.7 Å². The zero-order chi connectivity index (χ0) is 17.1. The highest BCUT2D eigenvalue weighted by Crippen LogP contribution is 2.22. The molecule has 1 aliphatic heterocycles. The molecule has 126 valence electrons. The summed E-state index contributed by atoms with van der Waals surface area (Å²) in [4.78, 5) is 31.1. The van der Waals surface area contributed by atoms with Crippen LogP contribution in [-0.4, -0.2) is 44.4 Å². The molecule has 0 aliphatic carbocycles. The number of rotatable bonds is 4. The van der Waals surface area contributed by atoms with Crippen LogP contribution in [0.2, 0.25) is 0 Å². The fourth-order valence-corrected chi connectivity index (χ4v) is 3.03. The Bertz CT molecular complexity index is 724. The van der Waals surface area contributed by atoms with Gasteiger partial charge in [0.2, 0.25) is 0 Å². The lowest BCUT2D eigenvalue weighted by atomic mass is 9.90. The number of likely N-dealkylation sites (tertiary alicyclic amines) is 1. The predicted molar refractivity (Wildman–Crippen MR) is 89.8 cm³/mol. The highest BCUT2D eigenvalue weighted by atomic mass is 16.2. The fourth-order valence-electron chi connectivity index (χ4n) is 3.03. The van der Waals surface area contributed by atoms with E-state index >= 15 is 0 Å². The largest absolute Gasteiger partial charge is 0.338 e. The monoisotopic (exact) mass is 326 g/mol. The molecule has 0 aromatic carbocycles. The van der Waals surface area contributed by atoms with Crippen molar-refractivity contribution in [3.05, 3.63) is 48.0 Å². The van der Waals surface area contributed by atoms with E-state index < -0.39 is 0 Å². The van der Waals surface area contributed by atoms with Crippen LogP contribution < -0.4 is 0 Å². The SMILES string of the molecule is CC(C)n1cc(C(=O)N2CCCC(C(=O)c3cccnc3)C2)cn1. The summed E-state index contributed by atoms with van der Waals surface area (Å²) < 4.78 is 1.77. The van der Waals surface area contributed by atoms with Crippen molar-refractivity contribution in [1.29, 1.82) is 0 Å². The van der Waals surface area contributed by atoms with Crippen LogP contribution in [0.25, 0.3) is 0 Å². The van der Waals surface area contributed by atoms with E-state index in [2.05, 4.69) is 10.1 Å². The number of hydrogen-bond donors (Lipinski definition) is 0. The van der Waals surface area contributed by atoms with Gasteiger partial charge in [-0.05, 0) is 38.8 Å². The summed E-state index contributed by atoms with van der Waals surface area (Å²) in [6, 6.07) is 3.76. The van der Waals surface area contributed by atoms with E-state index in [0.717, 1.165) is 12.8 Å². The van der Waals surface area contributed by atoms with Crippen LogP contribution in [0, 0.1) is 5.92 Å². The molecule has 1 amide bonds. The van der Waals surface area contributed by atoms with Gasteiger partial charge in [-0.2, -0.15) is 5.10 Å². The molecule has 1 unspecified atom stereocenters. The molecular formula is C18H22N4O2. The second kappa shape index (κ2) is 6.95. The minimum Gasteiger partial charge on any atom is -0.338 e. The van der Waals surface area contributed by atoms with Crippen LogP contribution in [0.3, 0.4) is 0 Å². The highest BCUT2D eigenvalue weighted by Gasteiger charge is 2.30. The van der Waals surface area contributed by atoms with E-state index in [9.17, 15) is 9.59 Å². The first-order chi connectivity index (χ1) is 11.6. The normalized spacial score (nSPS) is 18.0. The third-order valence-corrected chi connectivity index (χ3v) is 4.40. The topological polar surface area (TPSA) is 68.1 Å². The van der Waals surface area contributed by atoms with Crippen molar-refractivity contribution in [2.24, 2.45) is 5.92 Å².